The van der Waals surface area contributed by atoms with Gasteiger partial charge >= 0.3 is 5.97 Å². The van der Waals surface area contributed by atoms with E-state index in [1.54, 1.807) is 12.1 Å². The minimum Gasteiger partial charge on any atom is -0.478 e. The van der Waals surface area contributed by atoms with Gasteiger partial charge in [0.15, 0.2) is 0 Å². The summed E-state index contributed by atoms with van der Waals surface area (Å²) in [5.74, 6) is -0.904. The van der Waals surface area contributed by atoms with Gasteiger partial charge in [0.1, 0.15) is 0 Å². The quantitative estimate of drug-likeness (QED) is 0.426. The van der Waals surface area contributed by atoms with Crippen LogP contribution in [0.5, 0.6) is 0 Å². The lowest BCUT2D eigenvalue weighted by Crippen LogP contribution is -1.99. The van der Waals surface area contributed by atoms with Crippen molar-refractivity contribution in [2.24, 2.45) is 5.73 Å². The largest absolute Gasteiger partial charge is 0.478 e. The molecule has 0 amide bonds. The van der Waals surface area contributed by atoms with E-state index in [1.165, 1.54) is 10.8 Å². The average molecular weight is 358 g/mol. The van der Waals surface area contributed by atoms with Crippen molar-refractivity contribution in [3.63, 3.8) is 0 Å². The topological polar surface area (TPSA) is 79.1 Å². The van der Waals surface area contributed by atoms with E-state index >= 15 is 0 Å². The van der Waals surface area contributed by atoms with Gasteiger partial charge in [-0.1, -0.05) is 36.4 Å². The van der Waals surface area contributed by atoms with Crippen LogP contribution in [0.1, 0.15) is 28.8 Å². The molecule has 0 saturated carbocycles. The molecule has 0 fully saturated rings. The van der Waals surface area contributed by atoms with E-state index in [2.05, 4.69) is 35.3 Å². The molecular formula is C23H22N2O2. The van der Waals surface area contributed by atoms with Gasteiger partial charge in [-0.25, -0.2) is 4.79 Å². The number of carbonyl (C=O) groups is 1. The molecule has 4 rings (SSSR count). The van der Waals surface area contributed by atoms with Gasteiger partial charge in [0, 0.05) is 16.6 Å². The molecule has 4 N–H and O–H groups in total. The van der Waals surface area contributed by atoms with E-state index in [9.17, 15) is 9.90 Å². The fourth-order valence-electron chi connectivity index (χ4n) is 3.68. The second kappa shape index (κ2) is 7.25. The van der Waals surface area contributed by atoms with Crippen LogP contribution in [0.15, 0.2) is 60.7 Å². The minimum atomic E-state index is -0.904. The van der Waals surface area contributed by atoms with Crippen molar-refractivity contribution in [2.75, 3.05) is 6.54 Å². The third-order valence-electron chi connectivity index (χ3n) is 5.07. The number of rotatable bonds is 6. The van der Waals surface area contributed by atoms with Gasteiger partial charge in [-0.2, -0.15) is 0 Å². The highest BCUT2D eigenvalue weighted by atomic mass is 16.4. The van der Waals surface area contributed by atoms with Crippen molar-refractivity contribution in [1.82, 2.24) is 4.98 Å². The molecular weight excluding hydrogens is 336 g/mol. The number of aromatic amines is 1. The lowest BCUT2D eigenvalue weighted by molar-refractivity contribution is 0.0697. The van der Waals surface area contributed by atoms with Crippen molar-refractivity contribution in [1.29, 1.82) is 0 Å². The van der Waals surface area contributed by atoms with Crippen LogP contribution in [0.2, 0.25) is 0 Å². The van der Waals surface area contributed by atoms with E-state index in [4.69, 9.17) is 5.73 Å². The Labute approximate surface area is 157 Å². The minimum absolute atomic E-state index is 0.312. The second-order valence-corrected chi connectivity index (χ2v) is 6.85. The normalized spacial score (nSPS) is 11.3. The molecule has 0 radical (unpaired) electrons. The van der Waals surface area contributed by atoms with Crippen LogP contribution in [0.3, 0.4) is 0 Å². The van der Waals surface area contributed by atoms with Crippen LogP contribution < -0.4 is 5.73 Å². The summed E-state index contributed by atoms with van der Waals surface area (Å²) in [5.41, 5.74) is 10.3. The zero-order valence-corrected chi connectivity index (χ0v) is 15.0. The SMILES string of the molecule is NCCCCc1c(-c2ccc3ccccc3c2)[nH]c2ccc(C(=O)O)cc12. The molecule has 0 aliphatic heterocycles. The molecule has 4 nitrogen and oxygen atoms in total. The first-order valence-electron chi connectivity index (χ1n) is 9.24. The Hall–Kier alpha value is -3.11. The van der Waals surface area contributed by atoms with Gasteiger partial charge in [0.2, 0.25) is 0 Å². The van der Waals surface area contributed by atoms with Crippen molar-refractivity contribution in [3.8, 4) is 11.3 Å². The summed E-state index contributed by atoms with van der Waals surface area (Å²) in [7, 11) is 0. The molecule has 0 atom stereocenters. The van der Waals surface area contributed by atoms with E-state index in [0.29, 0.717) is 12.1 Å². The Morgan fingerprint density at radius 3 is 2.56 bits per heavy atom. The van der Waals surface area contributed by atoms with Crippen LogP contribution in [0.25, 0.3) is 32.9 Å². The van der Waals surface area contributed by atoms with Crippen molar-refractivity contribution >= 4 is 27.6 Å². The Morgan fingerprint density at radius 2 is 1.78 bits per heavy atom. The standard InChI is InChI=1S/C23H22N2O2/c24-12-4-3-7-19-20-14-18(23(26)27)10-11-21(20)25-22(19)17-9-8-15-5-1-2-6-16(15)13-17/h1-2,5-6,8-11,13-14,25H,3-4,7,12,24H2,(H,26,27). The summed E-state index contributed by atoms with van der Waals surface area (Å²) >= 11 is 0. The van der Waals surface area contributed by atoms with Crippen LogP contribution in [-0.4, -0.2) is 22.6 Å². The number of aromatic nitrogens is 1. The van der Waals surface area contributed by atoms with E-state index < -0.39 is 5.97 Å². The molecule has 1 aromatic heterocycles. The number of hydrogen-bond acceptors (Lipinski definition) is 2. The van der Waals surface area contributed by atoms with Crippen LogP contribution in [-0.2, 0) is 6.42 Å². The number of carboxylic acids is 1. The smallest absolute Gasteiger partial charge is 0.335 e. The molecule has 1 heterocycles. The maximum atomic E-state index is 11.4. The monoisotopic (exact) mass is 358 g/mol. The van der Waals surface area contributed by atoms with Crippen molar-refractivity contribution in [2.45, 2.75) is 19.3 Å². The molecule has 0 spiro atoms. The number of H-pyrrole nitrogens is 1. The van der Waals surface area contributed by atoms with E-state index in [1.807, 2.05) is 18.2 Å². The van der Waals surface area contributed by atoms with E-state index in [-0.39, 0.29) is 0 Å². The average Bonchev–Trinajstić information content (AvgIpc) is 3.05. The number of aryl methyl sites for hydroxylation is 1. The highest BCUT2D eigenvalue weighted by Gasteiger charge is 2.15. The third kappa shape index (κ3) is 3.32. The van der Waals surface area contributed by atoms with Gasteiger partial charge < -0.3 is 15.8 Å². The Bertz CT molecular complexity index is 1130. The summed E-state index contributed by atoms with van der Waals surface area (Å²) in [5, 5.41) is 12.7. The maximum absolute atomic E-state index is 11.4. The Morgan fingerprint density at radius 1 is 0.963 bits per heavy atom. The zero-order valence-electron chi connectivity index (χ0n) is 15.0. The Kier molecular flexibility index (Phi) is 4.65. The van der Waals surface area contributed by atoms with Crippen LogP contribution >= 0.6 is 0 Å². The predicted octanol–water partition coefficient (Wildman–Crippen LogP) is 4.97. The molecule has 0 aliphatic rings. The van der Waals surface area contributed by atoms with Crippen LogP contribution in [0, 0.1) is 0 Å². The van der Waals surface area contributed by atoms with Crippen molar-refractivity contribution < 1.29 is 9.90 Å². The van der Waals surface area contributed by atoms with Crippen molar-refractivity contribution in [3.05, 3.63) is 71.8 Å². The maximum Gasteiger partial charge on any atom is 0.335 e. The number of nitrogens with one attached hydrogen (secondary N) is 1. The molecule has 0 aliphatic carbocycles. The molecule has 0 bridgehead atoms. The fraction of sp³-hybridized carbons (Fsp3) is 0.174. The number of hydrogen-bond donors (Lipinski definition) is 3. The lowest BCUT2D eigenvalue weighted by Gasteiger charge is -2.07. The van der Waals surface area contributed by atoms with E-state index in [0.717, 1.165) is 47.0 Å². The summed E-state index contributed by atoms with van der Waals surface area (Å²) in [6, 6.07) is 20.0. The second-order valence-electron chi connectivity index (χ2n) is 6.85. The fourth-order valence-corrected chi connectivity index (χ4v) is 3.68. The number of fused-ring (bicyclic) bond motifs is 2. The molecule has 4 heteroatoms. The van der Waals surface area contributed by atoms with Crippen LogP contribution in [0.4, 0.5) is 0 Å². The molecule has 0 unspecified atom stereocenters. The summed E-state index contributed by atoms with van der Waals surface area (Å²) in [6.07, 6.45) is 2.78. The lowest BCUT2D eigenvalue weighted by atomic mass is 9.98. The molecule has 4 aromatic rings. The molecule has 27 heavy (non-hydrogen) atoms. The number of nitrogens with two attached hydrogens (primary N) is 1. The van der Waals surface area contributed by atoms with Gasteiger partial charge in [0.25, 0.3) is 0 Å². The molecule has 136 valence electrons. The molecule has 3 aromatic carbocycles. The molecule has 0 saturated heterocycles. The number of unbranched alkanes of at least 4 members (excludes halogenated alkanes) is 1. The first-order chi connectivity index (χ1) is 13.2. The highest BCUT2D eigenvalue weighted by Crippen LogP contribution is 2.33. The van der Waals surface area contributed by atoms with Gasteiger partial charge in [0.05, 0.1) is 5.56 Å². The Balaban J connectivity index is 1.88. The van der Waals surface area contributed by atoms with Gasteiger partial charge in [-0.15, -0.1) is 0 Å². The summed E-state index contributed by atoms with van der Waals surface area (Å²) in [6.45, 7) is 0.661. The summed E-state index contributed by atoms with van der Waals surface area (Å²) < 4.78 is 0. The third-order valence-corrected chi connectivity index (χ3v) is 5.07. The number of aromatic carboxylic acids is 1. The first kappa shape index (κ1) is 17.3. The highest BCUT2D eigenvalue weighted by molar-refractivity contribution is 5.98. The zero-order chi connectivity index (χ0) is 18.8. The predicted molar refractivity (Wildman–Crippen MR) is 110 cm³/mol. The van der Waals surface area contributed by atoms with Gasteiger partial charge in [-0.05, 0) is 72.0 Å². The number of carboxylic acid groups (broad SMARTS) is 1. The summed E-state index contributed by atoms with van der Waals surface area (Å²) in [4.78, 5) is 14.9. The number of benzene rings is 3. The van der Waals surface area contributed by atoms with Gasteiger partial charge in [-0.3, -0.25) is 0 Å². The first-order valence-corrected chi connectivity index (χ1v) is 9.24.